The largest absolute Gasteiger partial charge is 1.00 e. The van der Waals surface area contributed by atoms with E-state index in [4.69, 9.17) is 22.9 Å². The first kappa shape index (κ1) is 40.8. The van der Waals surface area contributed by atoms with E-state index in [9.17, 15) is 30.6 Å². The minimum absolute atomic E-state index is 0. The van der Waals surface area contributed by atoms with E-state index in [0.29, 0.717) is 0 Å². The van der Waals surface area contributed by atoms with Crippen molar-refractivity contribution < 1.29 is 101 Å². The van der Waals surface area contributed by atoms with E-state index in [2.05, 4.69) is 11.5 Å². The molecule has 0 amide bonds. The van der Waals surface area contributed by atoms with Crippen molar-refractivity contribution in [2.75, 3.05) is 0 Å². The van der Waals surface area contributed by atoms with Crippen LogP contribution < -0.4 is 82.4 Å². The molecule has 24 N–H and O–H groups in total. The van der Waals surface area contributed by atoms with Crippen LogP contribution in [0.5, 0.6) is 0 Å². The Hall–Kier alpha value is 1.50. The second-order valence-corrected chi connectivity index (χ2v) is 6.58. The average molecular weight is 653 g/mol. The third kappa shape index (κ3) is 9.10. The summed E-state index contributed by atoms with van der Waals surface area (Å²) < 4.78 is 0. The number of hydrogen-bond donors (Lipinski definition) is 12. The molecule has 1 radical (unpaired) electrons. The minimum atomic E-state index is -1.08. The average Bonchev–Trinajstić information content (AvgIpc) is 2.58. The fourth-order valence-electron chi connectivity index (χ4n) is 2.87. The molecule has 177 valence electrons. The Kier molecular flexibility index (Phi) is 24.0. The van der Waals surface area contributed by atoms with Gasteiger partial charge in [-0.3, -0.25) is 0 Å². The maximum atomic E-state index is 9.34. The van der Waals surface area contributed by atoms with Crippen LogP contribution >= 0.6 is 0 Å². The second-order valence-electron chi connectivity index (χ2n) is 6.58. The number of aliphatic hydroxyl groups is 6. The molecule has 0 bridgehead atoms. The van der Waals surface area contributed by atoms with Gasteiger partial charge in [0, 0.05) is 18.9 Å². The molecular formula is C12H36I2LiN6O8. The summed E-state index contributed by atoms with van der Waals surface area (Å²) in [5.41, 5.74) is 28.8. The first-order valence-electron chi connectivity index (χ1n) is 7.70. The van der Waals surface area contributed by atoms with Gasteiger partial charge in [0.1, 0.15) is 36.5 Å². The quantitative estimate of drug-likeness (QED) is 0.0865. The van der Waals surface area contributed by atoms with E-state index >= 15 is 0 Å². The first-order chi connectivity index (χ1) is 10.9. The zero-order valence-corrected chi connectivity index (χ0v) is 20.4. The van der Waals surface area contributed by atoms with Crippen molar-refractivity contribution in [1.29, 1.82) is 0 Å². The molecule has 2 aliphatic carbocycles. The molecule has 29 heavy (non-hydrogen) atoms. The predicted octanol–water partition coefficient (Wildman–Crippen LogP) is -17.3. The van der Waals surface area contributed by atoms with E-state index in [1.807, 2.05) is 0 Å². The van der Waals surface area contributed by atoms with E-state index in [0.717, 1.165) is 0 Å². The van der Waals surface area contributed by atoms with Crippen molar-refractivity contribution in [3.8, 4) is 0 Å². The van der Waals surface area contributed by atoms with Crippen molar-refractivity contribution in [2.45, 2.75) is 72.9 Å². The molecule has 14 nitrogen and oxygen atoms in total. The predicted molar refractivity (Wildman–Crippen MR) is 94.3 cm³/mol. The first-order valence-corrected chi connectivity index (χ1v) is 7.70. The maximum Gasteiger partial charge on any atom is 0.140 e. The molecule has 4 unspecified atom stereocenters. The van der Waals surface area contributed by atoms with E-state index in [1.165, 1.54) is 0 Å². The SMILES string of the molecule is N[C@@H]1C(O)[C@H](N)[C@H](O)C([NH3+])[C@@H]1O.N[C@@H]1C(O)[C@H](N)[C@H](O)C([NH3+])[C@@H]1O.O.O.[I-].[I-].[Li]. The van der Waals surface area contributed by atoms with Gasteiger partial charge in [-0.25, -0.2) is 0 Å². The van der Waals surface area contributed by atoms with Gasteiger partial charge in [-0.2, -0.15) is 0 Å². The third-order valence-electron chi connectivity index (χ3n) is 4.91. The number of quaternary nitrogens is 2. The fraction of sp³-hybridized carbons (Fsp3) is 1.00. The molecule has 0 spiro atoms. The monoisotopic (exact) mass is 653 g/mol. The van der Waals surface area contributed by atoms with Crippen LogP contribution in [-0.2, 0) is 0 Å². The minimum Gasteiger partial charge on any atom is -1.00 e. The van der Waals surface area contributed by atoms with Gasteiger partial charge in [-0.1, -0.05) is 0 Å². The summed E-state index contributed by atoms with van der Waals surface area (Å²) in [7, 11) is 0. The number of aliphatic hydroxyl groups excluding tert-OH is 6. The van der Waals surface area contributed by atoms with Gasteiger partial charge in [0.25, 0.3) is 0 Å². The molecule has 0 aliphatic heterocycles. The van der Waals surface area contributed by atoms with E-state index < -0.39 is 72.9 Å². The topological polar surface area (TPSA) is 344 Å². The Bertz CT molecular complexity index is 276. The van der Waals surface area contributed by atoms with Gasteiger partial charge in [-0.15, -0.1) is 0 Å². The standard InChI is InChI=1S/2C6H15N3O3.2HI.Li.2H2O/c2*7-1-4(10)2(8)6(12)3(9)5(1)11;;;;;/h2*1-6,10-12H,7-9H2;2*1H;;2*1H2/t2*1-,2+,3?,4?,5-,6+;;;;;. The van der Waals surface area contributed by atoms with Crippen LogP contribution in [0.4, 0.5) is 0 Å². The normalized spacial score (nSPS) is 45.9. The Balaban J connectivity index is -0.000000113. The van der Waals surface area contributed by atoms with Crippen LogP contribution in [0, 0.1) is 0 Å². The van der Waals surface area contributed by atoms with Gasteiger partial charge in [0.2, 0.25) is 0 Å². The molecule has 12 atom stereocenters. The van der Waals surface area contributed by atoms with Gasteiger partial charge in [0.05, 0.1) is 36.4 Å². The summed E-state index contributed by atoms with van der Waals surface area (Å²) in [4.78, 5) is 0. The van der Waals surface area contributed by atoms with Gasteiger partial charge >= 0.3 is 0 Å². The maximum absolute atomic E-state index is 9.34. The third-order valence-corrected chi connectivity index (χ3v) is 4.91. The fourth-order valence-corrected chi connectivity index (χ4v) is 2.87. The Labute approximate surface area is 214 Å². The van der Waals surface area contributed by atoms with Crippen LogP contribution in [-0.4, -0.2) is 133 Å². The van der Waals surface area contributed by atoms with Crippen LogP contribution in [0.2, 0.25) is 0 Å². The number of nitrogens with two attached hydrogens (primary N) is 4. The molecule has 0 saturated heterocycles. The van der Waals surface area contributed by atoms with Crippen LogP contribution in [0.25, 0.3) is 0 Å². The molecule has 0 aromatic heterocycles. The molecule has 17 heteroatoms. The molecule has 0 aromatic rings. The van der Waals surface area contributed by atoms with Crippen LogP contribution in [0.15, 0.2) is 0 Å². The Morgan fingerprint density at radius 1 is 0.448 bits per heavy atom. The number of hydrogen-bond acceptors (Lipinski definition) is 10. The number of halogens is 2. The molecule has 2 rings (SSSR count). The number of rotatable bonds is 0. The summed E-state index contributed by atoms with van der Waals surface area (Å²) in [6, 6.07) is -4.59. The summed E-state index contributed by atoms with van der Waals surface area (Å²) >= 11 is 0. The Morgan fingerprint density at radius 2 is 0.586 bits per heavy atom. The Morgan fingerprint density at radius 3 is 0.724 bits per heavy atom. The molecular weight excluding hydrogens is 617 g/mol. The molecule has 2 saturated carbocycles. The summed E-state index contributed by atoms with van der Waals surface area (Å²) in [6.45, 7) is 0. The van der Waals surface area contributed by atoms with Gasteiger partial charge < -0.3 is 124 Å². The molecule has 2 aliphatic rings. The zero-order valence-electron chi connectivity index (χ0n) is 16.1. The van der Waals surface area contributed by atoms with Gasteiger partial charge in [-0.05, 0) is 0 Å². The van der Waals surface area contributed by atoms with Crippen molar-refractivity contribution in [3.05, 3.63) is 0 Å². The van der Waals surface area contributed by atoms with Crippen LogP contribution in [0.1, 0.15) is 0 Å². The van der Waals surface area contributed by atoms with E-state index in [-0.39, 0.29) is 77.8 Å². The van der Waals surface area contributed by atoms with E-state index in [1.54, 1.807) is 0 Å². The molecule has 2 fully saturated rings. The molecule has 0 heterocycles. The summed E-state index contributed by atoms with van der Waals surface area (Å²) in [5.74, 6) is 0. The smallest absolute Gasteiger partial charge is 0.140 e. The van der Waals surface area contributed by atoms with Crippen molar-refractivity contribution in [2.24, 2.45) is 22.9 Å². The molecule has 0 aromatic carbocycles. The summed E-state index contributed by atoms with van der Waals surface area (Å²) in [6.07, 6.45) is -6.17. The van der Waals surface area contributed by atoms with Crippen molar-refractivity contribution >= 4 is 18.9 Å². The van der Waals surface area contributed by atoms with Crippen LogP contribution in [0.3, 0.4) is 0 Å². The van der Waals surface area contributed by atoms with Crippen molar-refractivity contribution in [3.63, 3.8) is 0 Å². The second kappa shape index (κ2) is 17.0. The van der Waals surface area contributed by atoms with Crippen molar-refractivity contribution in [1.82, 2.24) is 0 Å². The zero-order chi connectivity index (χ0) is 18.9. The summed E-state index contributed by atoms with van der Waals surface area (Å²) in [5, 5.41) is 56.0. The van der Waals surface area contributed by atoms with Gasteiger partial charge in [0.15, 0.2) is 0 Å².